The Bertz CT molecular complexity index is 774. The molecule has 0 aliphatic carbocycles. The minimum Gasteiger partial charge on any atom is -0.454 e. The second-order valence-corrected chi connectivity index (χ2v) is 6.11. The zero-order chi connectivity index (χ0) is 15.8. The van der Waals surface area contributed by atoms with E-state index in [0.29, 0.717) is 17.2 Å². The Morgan fingerprint density at radius 2 is 2.04 bits per heavy atom. The number of hydrogen-bond donors (Lipinski definition) is 1. The lowest BCUT2D eigenvalue weighted by molar-refractivity contribution is -0.128. The molecule has 1 N–H and O–H groups in total. The van der Waals surface area contributed by atoms with Crippen LogP contribution < -0.4 is 14.4 Å². The van der Waals surface area contributed by atoms with E-state index in [9.17, 15) is 14.7 Å². The fourth-order valence-electron chi connectivity index (χ4n) is 3.96. The van der Waals surface area contributed by atoms with Crippen molar-refractivity contribution in [3.63, 3.8) is 0 Å². The molecule has 2 bridgehead atoms. The molecule has 1 aromatic carbocycles. The first kappa shape index (κ1) is 13.1. The maximum atomic E-state index is 12.9. The summed E-state index contributed by atoms with van der Waals surface area (Å²) < 4.78 is 16.3. The summed E-state index contributed by atoms with van der Waals surface area (Å²) in [5.74, 6) is -0.812. The van der Waals surface area contributed by atoms with Gasteiger partial charge < -0.3 is 19.3 Å². The van der Waals surface area contributed by atoms with Gasteiger partial charge in [-0.1, -0.05) is 12.2 Å². The third kappa shape index (κ3) is 1.46. The van der Waals surface area contributed by atoms with Crippen LogP contribution in [0.25, 0.3) is 0 Å². The van der Waals surface area contributed by atoms with Gasteiger partial charge in [0.05, 0.1) is 30.2 Å². The van der Waals surface area contributed by atoms with Crippen molar-refractivity contribution in [2.45, 2.75) is 11.7 Å². The molecule has 0 aromatic heterocycles. The molecule has 0 radical (unpaired) electrons. The van der Waals surface area contributed by atoms with Crippen LogP contribution in [0.2, 0.25) is 0 Å². The molecular weight excluding hydrogens is 302 g/mol. The van der Waals surface area contributed by atoms with Crippen LogP contribution in [0.3, 0.4) is 0 Å². The lowest BCUT2D eigenvalue weighted by atomic mass is 9.77. The summed E-state index contributed by atoms with van der Waals surface area (Å²) in [5, 5.41) is 9.68. The average Bonchev–Trinajstić information content (AvgIpc) is 3.29. The Morgan fingerprint density at radius 3 is 2.87 bits per heavy atom. The number of nitrogens with zero attached hydrogens (tertiary/aromatic N) is 1. The summed E-state index contributed by atoms with van der Waals surface area (Å²) >= 11 is 0. The minimum atomic E-state index is -1.08. The van der Waals surface area contributed by atoms with Gasteiger partial charge in [-0.3, -0.25) is 9.59 Å². The first-order valence-corrected chi connectivity index (χ1v) is 7.40. The quantitative estimate of drug-likeness (QED) is 0.621. The lowest BCUT2D eigenvalue weighted by Crippen LogP contribution is -2.43. The minimum absolute atomic E-state index is 0.124. The van der Waals surface area contributed by atoms with Crippen LogP contribution in [0.15, 0.2) is 30.4 Å². The maximum absolute atomic E-state index is 12.9. The average molecular weight is 315 g/mol. The van der Waals surface area contributed by atoms with Crippen LogP contribution in [-0.4, -0.2) is 42.0 Å². The van der Waals surface area contributed by atoms with Crippen molar-refractivity contribution in [1.29, 1.82) is 0 Å². The van der Waals surface area contributed by atoms with Gasteiger partial charge in [-0.2, -0.15) is 0 Å². The zero-order valence-electron chi connectivity index (χ0n) is 12.0. The van der Waals surface area contributed by atoms with Crippen LogP contribution in [0.4, 0.5) is 5.69 Å². The highest BCUT2D eigenvalue weighted by Crippen LogP contribution is 2.52. The zero-order valence-corrected chi connectivity index (χ0v) is 12.0. The second-order valence-electron chi connectivity index (χ2n) is 6.11. The molecule has 23 heavy (non-hydrogen) atoms. The highest BCUT2D eigenvalue weighted by Gasteiger charge is 2.67. The highest BCUT2D eigenvalue weighted by molar-refractivity contribution is 6.23. The third-order valence-electron chi connectivity index (χ3n) is 5.02. The molecule has 2 amide bonds. The van der Waals surface area contributed by atoms with E-state index in [1.165, 1.54) is 4.90 Å². The molecule has 4 atom stereocenters. The molecule has 2 fully saturated rings. The number of amides is 2. The number of hydrogen-bond acceptors (Lipinski definition) is 6. The number of imide groups is 1. The van der Waals surface area contributed by atoms with Crippen molar-refractivity contribution in [3.8, 4) is 11.5 Å². The van der Waals surface area contributed by atoms with Gasteiger partial charge in [0, 0.05) is 6.07 Å². The molecule has 0 spiro atoms. The number of ether oxygens (including phenoxy) is 3. The van der Waals surface area contributed by atoms with Crippen LogP contribution in [-0.2, 0) is 14.3 Å². The number of carbonyl (C=O) groups excluding carboxylic acids is 2. The number of carbonyl (C=O) groups is 2. The molecule has 7 nitrogen and oxygen atoms in total. The van der Waals surface area contributed by atoms with Gasteiger partial charge in [0.1, 0.15) is 5.60 Å². The summed E-state index contributed by atoms with van der Waals surface area (Å²) in [6.45, 7) is -0.200. The van der Waals surface area contributed by atoms with Crippen molar-refractivity contribution < 1.29 is 28.9 Å². The summed E-state index contributed by atoms with van der Waals surface area (Å²) in [4.78, 5) is 26.8. The second kappa shape index (κ2) is 4.12. The monoisotopic (exact) mass is 315 g/mol. The van der Waals surface area contributed by atoms with E-state index in [-0.39, 0.29) is 25.2 Å². The van der Waals surface area contributed by atoms with Crippen LogP contribution in [0.1, 0.15) is 0 Å². The molecule has 2 saturated heterocycles. The van der Waals surface area contributed by atoms with E-state index in [4.69, 9.17) is 14.2 Å². The number of aliphatic hydroxyl groups is 1. The van der Waals surface area contributed by atoms with Crippen molar-refractivity contribution in [2.75, 3.05) is 18.3 Å². The predicted molar refractivity (Wildman–Crippen MR) is 75.9 cm³/mol. The number of aliphatic hydroxyl groups excluding tert-OH is 1. The summed E-state index contributed by atoms with van der Waals surface area (Å²) in [5.41, 5.74) is -0.626. The predicted octanol–water partition coefficient (Wildman–Crippen LogP) is 0.221. The largest absolute Gasteiger partial charge is 0.454 e. The molecule has 5 rings (SSSR count). The van der Waals surface area contributed by atoms with Gasteiger partial charge in [-0.15, -0.1) is 0 Å². The van der Waals surface area contributed by atoms with Gasteiger partial charge in [0.2, 0.25) is 18.6 Å². The molecule has 4 heterocycles. The van der Waals surface area contributed by atoms with Crippen LogP contribution >= 0.6 is 0 Å². The van der Waals surface area contributed by atoms with Crippen molar-refractivity contribution in [3.05, 3.63) is 30.4 Å². The Labute approximate surface area is 131 Å². The number of fused-ring (bicyclic) bond motifs is 6. The first-order chi connectivity index (χ1) is 11.1. The fraction of sp³-hybridized carbons (Fsp3) is 0.375. The maximum Gasteiger partial charge on any atom is 0.241 e. The number of rotatable bonds is 2. The fourth-order valence-corrected chi connectivity index (χ4v) is 3.96. The molecule has 7 heteroatoms. The first-order valence-electron chi connectivity index (χ1n) is 7.40. The smallest absolute Gasteiger partial charge is 0.241 e. The van der Waals surface area contributed by atoms with Crippen molar-refractivity contribution in [2.24, 2.45) is 11.8 Å². The molecule has 1 aromatic rings. The standard InChI is InChI=1S/C16H13NO6/c18-6-16-4-3-10(23-16)12-13(16)15(20)17(14(12)19)8-1-2-9-11(5-8)22-7-21-9/h1-5,10,12-13,18H,6-7H2/t10-,12-,13-,16+/m0/s1. The van der Waals surface area contributed by atoms with Gasteiger partial charge in [-0.05, 0) is 12.1 Å². The number of benzene rings is 1. The van der Waals surface area contributed by atoms with Gasteiger partial charge in [0.15, 0.2) is 11.5 Å². The summed E-state index contributed by atoms with van der Waals surface area (Å²) in [6.07, 6.45) is 3.00. The van der Waals surface area contributed by atoms with Gasteiger partial charge in [-0.25, -0.2) is 4.90 Å². The Hall–Kier alpha value is -2.38. The molecular formula is C16H13NO6. The summed E-state index contributed by atoms with van der Waals surface area (Å²) in [6, 6.07) is 4.96. The van der Waals surface area contributed by atoms with Crippen LogP contribution in [0, 0.1) is 11.8 Å². The van der Waals surface area contributed by atoms with E-state index in [2.05, 4.69) is 0 Å². The van der Waals surface area contributed by atoms with E-state index in [1.54, 1.807) is 30.4 Å². The molecule has 0 saturated carbocycles. The van der Waals surface area contributed by atoms with E-state index < -0.39 is 23.5 Å². The van der Waals surface area contributed by atoms with Gasteiger partial charge in [0.25, 0.3) is 0 Å². The van der Waals surface area contributed by atoms with E-state index in [1.807, 2.05) is 0 Å². The SMILES string of the molecule is O=C1[C@H]2[C@@H]3C=C[C@](CO)(O3)[C@@H]2C(=O)N1c1ccc2c(c1)OCO2. The topological polar surface area (TPSA) is 85.3 Å². The van der Waals surface area contributed by atoms with Gasteiger partial charge >= 0.3 is 0 Å². The molecule has 4 aliphatic heterocycles. The molecule has 0 unspecified atom stereocenters. The van der Waals surface area contributed by atoms with Crippen molar-refractivity contribution >= 4 is 17.5 Å². The Kier molecular flexibility index (Phi) is 2.35. The Balaban J connectivity index is 1.57. The lowest BCUT2D eigenvalue weighted by Gasteiger charge is -2.26. The van der Waals surface area contributed by atoms with E-state index >= 15 is 0 Å². The molecule has 118 valence electrons. The number of anilines is 1. The van der Waals surface area contributed by atoms with Crippen LogP contribution in [0.5, 0.6) is 11.5 Å². The van der Waals surface area contributed by atoms with E-state index in [0.717, 1.165) is 0 Å². The summed E-state index contributed by atoms with van der Waals surface area (Å²) in [7, 11) is 0. The molecule has 4 aliphatic rings. The normalized spacial score (nSPS) is 36.2. The Morgan fingerprint density at radius 1 is 1.22 bits per heavy atom. The highest BCUT2D eigenvalue weighted by atomic mass is 16.7. The third-order valence-corrected chi connectivity index (χ3v) is 5.02. The van der Waals surface area contributed by atoms with Crippen molar-refractivity contribution in [1.82, 2.24) is 0 Å².